The molecule has 3 aromatic rings. The maximum atomic E-state index is 12.1. The number of amides is 1. The Bertz CT molecular complexity index is 864. The lowest BCUT2D eigenvalue weighted by Crippen LogP contribution is -2.25. The highest BCUT2D eigenvalue weighted by atomic mass is 35.5. The van der Waals surface area contributed by atoms with Gasteiger partial charge in [-0.1, -0.05) is 35.5 Å². The van der Waals surface area contributed by atoms with Crippen LogP contribution in [-0.4, -0.2) is 24.0 Å². The number of thioether (sulfide) groups is 1. The first-order valence-corrected chi connectivity index (χ1v) is 9.28. The number of nitrogens with zero attached hydrogens (tertiary/aromatic N) is 1. The maximum absolute atomic E-state index is 12.1. The molecular formula is C18H18ClN3O2S. The number of nitrogens with two attached hydrogens (primary N) is 1. The fourth-order valence-electron chi connectivity index (χ4n) is 2.24. The highest BCUT2D eigenvalue weighted by molar-refractivity contribution is 7.98. The van der Waals surface area contributed by atoms with Gasteiger partial charge >= 0.3 is 0 Å². The minimum atomic E-state index is -0.131. The van der Waals surface area contributed by atoms with E-state index in [2.05, 4.69) is 10.3 Å². The quantitative estimate of drug-likeness (QED) is 0.484. The molecule has 0 atom stereocenters. The van der Waals surface area contributed by atoms with Crippen LogP contribution in [0.5, 0.6) is 0 Å². The zero-order chi connectivity index (χ0) is 17.6. The highest BCUT2D eigenvalue weighted by Crippen LogP contribution is 2.27. The second-order valence-corrected chi connectivity index (χ2v) is 6.84. The molecule has 5 nitrogen and oxygen atoms in total. The van der Waals surface area contributed by atoms with E-state index in [4.69, 9.17) is 21.8 Å². The van der Waals surface area contributed by atoms with E-state index in [0.717, 1.165) is 17.7 Å². The number of nitrogens with one attached hydrogen (secondary N) is 1. The SMILES string of the molecule is NCCCNC(=O)c1ccc2oc(SCc3ccc(Cl)cc3)nc2c1. The van der Waals surface area contributed by atoms with Crippen LogP contribution in [0, 0.1) is 0 Å². The van der Waals surface area contributed by atoms with E-state index in [1.165, 1.54) is 11.8 Å². The molecule has 3 N–H and O–H groups in total. The molecule has 2 aromatic carbocycles. The van der Waals surface area contributed by atoms with Crippen molar-refractivity contribution >= 4 is 40.4 Å². The first-order valence-electron chi connectivity index (χ1n) is 7.92. The van der Waals surface area contributed by atoms with E-state index in [9.17, 15) is 4.79 Å². The number of carbonyl (C=O) groups excluding carboxylic acids is 1. The van der Waals surface area contributed by atoms with Crippen molar-refractivity contribution in [2.24, 2.45) is 5.73 Å². The third-order valence-corrected chi connectivity index (χ3v) is 4.72. The fourth-order valence-corrected chi connectivity index (χ4v) is 3.16. The van der Waals surface area contributed by atoms with Gasteiger partial charge in [-0.15, -0.1) is 0 Å². The summed E-state index contributed by atoms with van der Waals surface area (Å²) in [5, 5.41) is 4.12. The zero-order valence-electron chi connectivity index (χ0n) is 13.5. The van der Waals surface area contributed by atoms with Crippen LogP contribution in [0.2, 0.25) is 5.02 Å². The molecule has 0 aliphatic rings. The molecule has 0 saturated heterocycles. The van der Waals surface area contributed by atoms with Gasteiger partial charge in [0.1, 0.15) is 5.52 Å². The van der Waals surface area contributed by atoms with Gasteiger partial charge in [-0.25, -0.2) is 4.98 Å². The van der Waals surface area contributed by atoms with Crippen molar-refractivity contribution in [2.75, 3.05) is 13.1 Å². The summed E-state index contributed by atoms with van der Waals surface area (Å²) >= 11 is 7.39. The summed E-state index contributed by atoms with van der Waals surface area (Å²) in [6.45, 7) is 1.12. The Kier molecular flexibility index (Phi) is 5.96. The van der Waals surface area contributed by atoms with Crippen molar-refractivity contribution in [3.05, 3.63) is 58.6 Å². The molecule has 0 spiro atoms. The second kappa shape index (κ2) is 8.38. The van der Waals surface area contributed by atoms with Crippen LogP contribution in [0.15, 0.2) is 52.1 Å². The molecule has 0 saturated carbocycles. The van der Waals surface area contributed by atoms with Crippen molar-refractivity contribution in [2.45, 2.75) is 17.4 Å². The average Bonchev–Trinajstić information content (AvgIpc) is 3.03. The zero-order valence-corrected chi connectivity index (χ0v) is 15.1. The van der Waals surface area contributed by atoms with Crippen LogP contribution in [0.25, 0.3) is 11.1 Å². The van der Waals surface area contributed by atoms with Crippen LogP contribution < -0.4 is 11.1 Å². The van der Waals surface area contributed by atoms with E-state index in [1.54, 1.807) is 18.2 Å². The number of fused-ring (bicyclic) bond motifs is 1. The molecule has 1 amide bonds. The topological polar surface area (TPSA) is 81.1 Å². The van der Waals surface area contributed by atoms with Gasteiger partial charge in [0.05, 0.1) is 0 Å². The largest absolute Gasteiger partial charge is 0.431 e. The first-order chi connectivity index (χ1) is 12.2. The van der Waals surface area contributed by atoms with E-state index in [1.807, 2.05) is 24.3 Å². The van der Waals surface area contributed by atoms with Crippen LogP contribution in [0.4, 0.5) is 0 Å². The third-order valence-electron chi connectivity index (χ3n) is 3.57. The van der Waals surface area contributed by atoms with Crippen molar-refractivity contribution in [3.63, 3.8) is 0 Å². The Morgan fingerprint density at radius 3 is 2.80 bits per heavy atom. The van der Waals surface area contributed by atoms with E-state index >= 15 is 0 Å². The summed E-state index contributed by atoms with van der Waals surface area (Å²) in [5.74, 6) is 0.602. The third kappa shape index (κ3) is 4.75. The minimum Gasteiger partial charge on any atom is -0.431 e. The van der Waals surface area contributed by atoms with Gasteiger partial charge in [0.25, 0.3) is 11.1 Å². The number of aromatic nitrogens is 1. The molecule has 0 aliphatic carbocycles. The lowest BCUT2D eigenvalue weighted by atomic mass is 10.2. The average molecular weight is 376 g/mol. The number of oxazole rings is 1. The molecule has 7 heteroatoms. The predicted octanol–water partition coefficient (Wildman–Crippen LogP) is 3.85. The molecular weight excluding hydrogens is 358 g/mol. The Morgan fingerprint density at radius 1 is 1.24 bits per heavy atom. The Morgan fingerprint density at radius 2 is 2.04 bits per heavy atom. The standard InChI is InChI=1S/C18H18ClN3O2S/c19-14-5-2-12(3-6-14)11-25-18-22-15-10-13(4-7-16(15)24-18)17(23)21-9-1-8-20/h2-7,10H,1,8-9,11,20H2,(H,21,23). The van der Waals surface area contributed by atoms with Crippen LogP contribution >= 0.6 is 23.4 Å². The molecule has 0 aliphatic heterocycles. The summed E-state index contributed by atoms with van der Waals surface area (Å²) in [5.41, 5.74) is 8.46. The Balaban J connectivity index is 1.67. The predicted molar refractivity (Wildman–Crippen MR) is 101 cm³/mol. The van der Waals surface area contributed by atoms with Crippen LogP contribution in [0.3, 0.4) is 0 Å². The van der Waals surface area contributed by atoms with Gasteiger partial charge < -0.3 is 15.5 Å². The maximum Gasteiger partial charge on any atom is 0.257 e. The molecule has 1 aromatic heterocycles. The molecule has 0 fully saturated rings. The Hall–Kier alpha value is -2.02. The fraction of sp³-hybridized carbons (Fsp3) is 0.222. The van der Waals surface area contributed by atoms with Crippen molar-refractivity contribution < 1.29 is 9.21 Å². The van der Waals surface area contributed by atoms with Gasteiger partial charge in [-0.05, 0) is 48.9 Å². The number of hydrogen-bond donors (Lipinski definition) is 2. The van der Waals surface area contributed by atoms with Gasteiger partial charge in [-0.2, -0.15) is 0 Å². The van der Waals surface area contributed by atoms with E-state index in [-0.39, 0.29) is 5.91 Å². The first kappa shape index (κ1) is 17.8. The summed E-state index contributed by atoms with van der Waals surface area (Å²) < 4.78 is 5.72. The van der Waals surface area contributed by atoms with Gasteiger partial charge in [-0.3, -0.25) is 4.79 Å². The summed E-state index contributed by atoms with van der Waals surface area (Å²) in [6.07, 6.45) is 0.753. The smallest absolute Gasteiger partial charge is 0.257 e. The summed E-state index contributed by atoms with van der Waals surface area (Å²) in [7, 11) is 0. The van der Waals surface area contributed by atoms with E-state index < -0.39 is 0 Å². The number of benzene rings is 2. The summed E-state index contributed by atoms with van der Waals surface area (Å²) in [4.78, 5) is 16.5. The molecule has 25 heavy (non-hydrogen) atoms. The van der Waals surface area contributed by atoms with E-state index in [0.29, 0.717) is 40.0 Å². The summed E-state index contributed by atoms with van der Waals surface area (Å²) in [6, 6.07) is 12.9. The number of rotatable bonds is 7. The lowest BCUT2D eigenvalue weighted by Gasteiger charge is -2.03. The van der Waals surface area contributed by atoms with Crippen LogP contribution in [-0.2, 0) is 5.75 Å². The molecule has 0 radical (unpaired) electrons. The number of halogens is 1. The van der Waals surface area contributed by atoms with Crippen molar-refractivity contribution in [1.29, 1.82) is 0 Å². The lowest BCUT2D eigenvalue weighted by molar-refractivity contribution is 0.0953. The van der Waals surface area contributed by atoms with Crippen molar-refractivity contribution in [1.82, 2.24) is 10.3 Å². The Labute approximate surface area is 154 Å². The normalized spacial score (nSPS) is 11.0. The molecule has 0 unspecified atom stereocenters. The van der Waals surface area contributed by atoms with Gasteiger partial charge in [0.15, 0.2) is 5.58 Å². The molecule has 130 valence electrons. The number of hydrogen-bond acceptors (Lipinski definition) is 5. The molecule has 0 bridgehead atoms. The van der Waals surface area contributed by atoms with Crippen molar-refractivity contribution in [3.8, 4) is 0 Å². The highest BCUT2D eigenvalue weighted by Gasteiger charge is 2.11. The van der Waals surface area contributed by atoms with Crippen LogP contribution in [0.1, 0.15) is 22.3 Å². The molecule has 3 rings (SSSR count). The van der Waals surface area contributed by atoms with Gasteiger partial charge in [0, 0.05) is 22.9 Å². The monoisotopic (exact) mass is 375 g/mol. The number of carbonyl (C=O) groups is 1. The second-order valence-electron chi connectivity index (χ2n) is 5.48. The van der Waals surface area contributed by atoms with Gasteiger partial charge in [0.2, 0.25) is 0 Å². The molecule has 1 heterocycles. The minimum absolute atomic E-state index is 0.131.